The molecule has 2 amide bonds. The predicted molar refractivity (Wildman–Crippen MR) is 93.0 cm³/mol. The number of nitrogens with zero attached hydrogens (tertiary/aromatic N) is 2. The van der Waals surface area contributed by atoms with Crippen LogP contribution >= 0.6 is 23.1 Å². The number of rotatable bonds is 9. The monoisotopic (exact) mass is 369 g/mol. The van der Waals surface area contributed by atoms with Crippen LogP contribution in [0, 0.1) is 0 Å². The minimum Gasteiger partial charge on any atom is -0.467 e. The highest BCUT2D eigenvalue weighted by atomic mass is 32.2. The van der Waals surface area contributed by atoms with Gasteiger partial charge in [0.1, 0.15) is 5.76 Å². The van der Waals surface area contributed by atoms with Gasteiger partial charge in [0.05, 0.1) is 25.1 Å². The van der Waals surface area contributed by atoms with Crippen molar-refractivity contribution in [2.75, 3.05) is 17.6 Å². The maximum Gasteiger partial charge on any atom is 0.239 e. The molecule has 0 saturated heterocycles. The van der Waals surface area contributed by atoms with E-state index in [1.54, 1.807) is 6.26 Å². The van der Waals surface area contributed by atoms with Crippen LogP contribution in [0.1, 0.15) is 19.6 Å². The molecule has 0 aliphatic rings. The van der Waals surface area contributed by atoms with Gasteiger partial charge < -0.3 is 20.4 Å². The highest BCUT2D eigenvalue weighted by Gasteiger charge is 2.10. The van der Waals surface area contributed by atoms with Gasteiger partial charge in [0.2, 0.25) is 16.9 Å². The van der Waals surface area contributed by atoms with Crippen LogP contribution in [-0.2, 0) is 16.1 Å². The van der Waals surface area contributed by atoms with Crippen molar-refractivity contribution in [2.24, 2.45) is 0 Å². The third-order valence-electron chi connectivity index (χ3n) is 2.62. The molecule has 2 heterocycles. The maximum absolute atomic E-state index is 11.7. The van der Waals surface area contributed by atoms with Gasteiger partial charge in [-0.15, -0.1) is 10.2 Å². The minimum absolute atomic E-state index is 0.0242. The topological polar surface area (TPSA) is 109 Å². The summed E-state index contributed by atoms with van der Waals surface area (Å²) in [4.78, 5) is 23.1. The fourth-order valence-corrected chi connectivity index (χ4v) is 3.22. The Balaban J connectivity index is 1.66. The molecule has 0 aliphatic heterocycles. The van der Waals surface area contributed by atoms with Gasteiger partial charge >= 0.3 is 0 Å². The van der Waals surface area contributed by atoms with Crippen molar-refractivity contribution < 1.29 is 14.0 Å². The molecule has 0 bridgehead atoms. The van der Waals surface area contributed by atoms with E-state index in [1.165, 1.54) is 23.1 Å². The van der Waals surface area contributed by atoms with Crippen LogP contribution in [0.2, 0.25) is 0 Å². The Hall–Kier alpha value is -2.07. The summed E-state index contributed by atoms with van der Waals surface area (Å²) in [5.74, 6) is 0.559. The molecule has 0 radical (unpaired) electrons. The lowest BCUT2D eigenvalue weighted by molar-refractivity contribution is -0.125. The molecule has 10 heteroatoms. The number of carbonyl (C=O) groups is 2. The SMILES string of the molecule is CC(C)NC(=O)CNC(=O)CSc1nnc(NCc2ccco2)s1. The smallest absolute Gasteiger partial charge is 0.239 e. The summed E-state index contributed by atoms with van der Waals surface area (Å²) in [5, 5.41) is 17.0. The Morgan fingerprint density at radius 2 is 2.17 bits per heavy atom. The van der Waals surface area contributed by atoms with E-state index >= 15 is 0 Å². The molecule has 0 spiro atoms. The molecule has 0 unspecified atom stereocenters. The van der Waals surface area contributed by atoms with E-state index in [0.29, 0.717) is 16.0 Å². The fraction of sp³-hybridized carbons (Fsp3) is 0.429. The zero-order chi connectivity index (χ0) is 17.4. The minimum atomic E-state index is -0.223. The van der Waals surface area contributed by atoms with Gasteiger partial charge in [-0.2, -0.15) is 0 Å². The number of hydrogen-bond acceptors (Lipinski definition) is 8. The summed E-state index contributed by atoms with van der Waals surface area (Å²) in [5.41, 5.74) is 0. The molecule has 0 saturated carbocycles. The van der Waals surface area contributed by atoms with Gasteiger partial charge in [0.25, 0.3) is 0 Å². The summed E-state index contributed by atoms with van der Waals surface area (Å²) < 4.78 is 5.89. The molecule has 0 aliphatic carbocycles. The lowest BCUT2D eigenvalue weighted by Gasteiger charge is -2.08. The van der Waals surface area contributed by atoms with Crippen molar-refractivity contribution in [3.05, 3.63) is 24.2 Å². The van der Waals surface area contributed by atoms with Crippen LogP contribution in [0.4, 0.5) is 5.13 Å². The third kappa shape index (κ3) is 6.59. The van der Waals surface area contributed by atoms with Gasteiger partial charge in [-0.1, -0.05) is 23.1 Å². The largest absolute Gasteiger partial charge is 0.467 e. The molecule has 2 aromatic rings. The molecule has 2 aromatic heterocycles. The number of nitrogens with one attached hydrogen (secondary N) is 3. The van der Waals surface area contributed by atoms with Crippen LogP contribution in [-0.4, -0.2) is 40.4 Å². The van der Waals surface area contributed by atoms with Gasteiger partial charge in [0.15, 0.2) is 4.34 Å². The molecule has 0 atom stereocenters. The van der Waals surface area contributed by atoms with E-state index in [1.807, 2.05) is 26.0 Å². The summed E-state index contributed by atoms with van der Waals surface area (Å²) in [6, 6.07) is 3.74. The summed E-state index contributed by atoms with van der Waals surface area (Å²) in [6.45, 7) is 4.23. The van der Waals surface area contributed by atoms with Crippen molar-refractivity contribution in [2.45, 2.75) is 30.8 Å². The second kappa shape index (κ2) is 9.28. The van der Waals surface area contributed by atoms with E-state index in [0.717, 1.165) is 5.76 Å². The molecule has 24 heavy (non-hydrogen) atoms. The first-order chi connectivity index (χ1) is 11.5. The lowest BCUT2D eigenvalue weighted by atomic mass is 10.4. The van der Waals surface area contributed by atoms with Gasteiger partial charge in [-0.3, -0.25) is 9.59 Å². The fourth-order valence-electron chi connectivity index (χ4n) is 1.65. The summed E-state index contributed by atoms with van der Waals surface area (Å²) in [6.07, 6.45) is 1.61. The first-order valence-corrected chi connectivity index (χ1v) is 9.11. The van der Waals surface area contributed by atoms with Crippen molar-refractivity contribution in [3.63, 3.8) is 0 Å². The van der Waals surface area contributed by atoms with E-state index in [2.05, 4.69) is 26.1 Å². The second-order valence-corrected chi connectivity index (χ2v) is 7.29. The van der Waals surface area contributed by atoms with Crippen molar-refractivity contribution >= 4 is 40.0 Å². The highest BCUT2D eigenvalue weighted by Crippen LogP contribution is 2.25. The van der Waals surface area contributed by atoms with Crippen LogP contribution in [0.25, 0.3) is 0 Å². The number of anilines is 1. The van der Waals surface area contributed by atoms with Gasteiger partial charge in [-0.25, -0.2) is 0 Å². The number of hydrogen-bond donors (Lipinski definition) is 3. The van der Waals surface area contributed by atoms with Crippen LogP contribution in [0.5, 0.6) is 0 Å². The van der Waals surface area contributed by atoms with Crippen molar-refractivity contribution in [3.8, 4) is 0 Å². The first-order valence-electron chi connectivity index (χ1n) is 7.31. The highest BCUT2D eigenvalue weighted by molar-refractivity contribution is 8.01. The van der Waals surface area contributed by atoms with Gasteiger partial charge in [0, 0.05) is 6.04 Å². The van der Waals surface area contributed by atoms with E-state index in [-0.39, 0.29) is 30.2 Å². The Labute approximate surface area is 147 Å². The molecule has 0 fully saturated rings. The Bertz CT molecular complexity index is 657. The standard InChI is InChI=1S/C14H19N5O3S2/c1-9(2)17-11(20)7-15-12(21)8-23-14-19-18-13(24-14)16-6-10-4-3-5-22-10/h3-5,9H,6-8H2,1-2H3,(H,15,21)(H,16,18)(H,17,20). The molecular formula is C14H19N5O3S2. The average Bonchev–Trinajstić information content (AvgIpc) is 3.19. The van der Waals surface area contributed by atoms with E-state index < -0.39 is 0 Å². The summed E-state index contributed by atoms with van der Waals surface area (Å²) in [7, 11) is 0. The molecule has 2 rings (SSSR count). The number of thioether (sulfide) groups is 1. The van der Waals surface area contributed by atoms with Gasteiger partial charge in [-0.05, 0) is 26.0 Å². The first kappa shape index (κ1) is 18.3. The predicted octanol–water partition coefficient (Wildman–Crippen LogP) is 1.48. The average molecular weight is 369 g/mol. The Kier molecular flexibility index (Phi) is 7.07. The van der Waals surface area contributed by atoms with E-state index in [9.17, 15) is 9.59 Å². The zero-order valence-corrected chi connectivity index (χ0v) is 15.0. The maximum atomic E-state index is 11.7. The number of aromatic nitrogens is 2. The quantitative estimate of drug-likeness (QED) is 0.574. The third-order valence-corrected chi connectivity index (χ3v) is 4.64. The second-order valence-electron chi connectivity index (χ2n) is 5.09. The summed E-state index contributed by atoms with van der Waals surface area (Å²) >= 11 is 2.63. The number of amides is 2. The molecule has 130 valence electrons. The molecule has 8 nitrogen and oxygen atoms in total. The molecular weight excluding hydrogens is 350 g/mol. The van der Waals surface area contributed by atoms with Crippen LogP contribution < -0.4 is 16.0 Å². The van der Waals surface area contributed by atoms with Crippen LogP contribution in [0.15, 0.2) is 27.2 Å². The number of furan rings is 1. The number of carbonyl (C=O) groups excluding carboxylic acids is 2. The Morgan fingerprint density at radius 3 is 2.88 bits per heavy atom. The van der Waals surface area contributed by atoms with Crippen molar-refractivity contribution in [1.29, 1.82) is 0 Å². The Morgan fingerprint density at radius 1 is 1.33 bits per heavy atom. The van der Waals surface area contributed by atoms with Crippen molar-refractivity contribution in [1.82, 2.24) is 20.8 Å². The molecule has 0 aromatic carbocycles. The normalized spacial score (nSPS) is 10.6. The lowest BCUT2D eigenvalue weighted by Crippen LogP contribution is -2.40. The van der Waals surface area contributed by atoms with E-state index in [4.69, 9.17) is 4.42 Å². The zero-order valence-electron chi connectivity index (χ0n) is 13.4. The molecule has 3 N–H and O–H groups in total. The van der Waals surface area contributed by atoms with Crippen LogP contribution in [0.3, 0.4) is 0 Å².